The molecule has 1 aliphatic carbocycles. The quantitative estimate of drug-likeness (QED) is 0.898. The summed E-state index contributed by atoms with van der Waals surface area (Å²) in [6, 6.07) is 0.352. The lowest BCUT2D eigenvalue weighted by Crippen LogP contribution is -2.37. The van der Waals surface area contributed by atoms with Crippen molar-refractivity contribution < 1.29 is 4.79 Å². The van der Waals surface area contributed by atoms with Gasteiger partial charge in [0.25, 0.3) is 0 Å². The fraction of sp³-hybridized carbons (Fsp3) is 0.750. The molecule has 2 fully saturated rings. The summed E-state index contributed by atoms with van der Waals surface area (Å²) in [5.74, 6) is 0.916. The van der Waals surface area contributed by atoms with Crippen LogP contribution in [0.1, 0.15) is 48.7 Å². The number of carbonyl (C=O) groups excluding carboxylic acids is 1. The highest BCUT2D eigenvalue weighted by molar-refractivity contribution is 5.78. The Labute approximate surface area is 126 Å². The molecule has 3 rings (SSSR count). The Morgan fingerprint density at radius 2 is 2.10 bits per heavy atom. The maximum atomic E-state index is 12.1. The van der Waals surface area contributed by atoms with Crippen molar-refractivity contribution in [2.75, 3.05) is 19.6 Å². The lowest BCUT2D eigenvalue weighted by Gasteiger charge is -2.24. The van der Waals surface area contributed by atoms with Crippen LogP contribution in [0.25, 0.3) is 0 Å². The average Bonchev–Trinajstić information content (AvgIpc) is 3.11. The Hall–Kier alpha value is -1.36. The van der Waals surface area contributed by atoms with Crippen LogP contribution in [0.2, 0.25) is 0 Å². The standard InChI is InChI=1S/C16H26N4O/c1-11-16(12(2)19(3)18-11)14-5-4-8-20(14)10-15(21)17-9-13-6-7-13/h13-14H,4-10H2,1-3H3,(H,17,21)/t14-/m1/s1. The molecule has 1 aromatic heterocycles. The predicted molar refractivity (Wildman–Crippen MR) is 82.0 cm³/mol. The molecular weight excluding hydrogens is 264 g/mol. The molecule has 2 heterocycles. The van der Waals surface area contributed by atoms with Crippen molar-refractivity contribution in [2.24, 2.45) is 13.0 Å². The number of carbonyl (C=O) groups is 1. The van der Waals surface area contributed by atoms with Gasteiger partial charge in [0.05, 0.1) is 12.2 Å². The summed E-state index contributed by atoms with van der Waals surface area (Å²) in [5.41, 5.74) is 3.65. The molecule has 1 aromatic rings. The summed E-state index contributed by atoms with van der Waals surface area (Å²) in [6.45, 7) is 6.59. The van der Waals surface area contributed by atoms with Crippen molar-refractivity contribution in [1.29, 1.82) is 0 Å². The largest absolute Gasteiger partial charge is 0.355 e. The number of hydrogen-bond acceptors (Lipinski definition) is 3. The van der Waals surface area contributed by atoms with E-state index in [9.17, 15) is 4.79 Å². The number of aromatic nitrogens is 2. The van der Waals surface area contributed by atoms with Crippen LogP contribution in [-0.2, 0) is 11.8 Å². The molecule has 2 aliphatic rings. The summed E-state index contributed by atoms with van der Waals surface area (Å²) in [6.07, 6.45) is 4.85. The van der Waals surface area contributed by atoms with Gasteiger partial charge in [-0.2, -0.15) is 5.10 Å². The minimum Gasteiger partial charge on any atom is -0.355 e. The van der Waals surface area contributed by atoms with E-state index < -0.39 is 0 Å². The first-order valence-corrected chi connectivity index (χ1v) is 8.07. The molecule has 1 saturated heterocycles. The third-order valence-electron chi connectivity index (χ3n) is 4.89. The first-order chi connectivity index (χ1) is 10.1. The van der Waals surface area contributed by atoms with Crippen LogP contribution in [0.5, 0.6) is 0 Å². The molecule has 1 aliphatic heterocycles. The molecule has 1 amide bonds. The Morgan fingerprint density at radius 1 is 1.33 bits per heavy atom. The van der Waals surface area contributed by atoms with E-state index in [0.717, 1.165) is 37.5 Å². The van der Waals surface area contributed by atoms with E-state index in [1.165, 1.54) is 24.1 Å². The molecule has 5 nitrogen and oxygen atoms in total. The van der Waals surface area contributed by atoms with Gasteiger partial charge in [-0.3, -0.25) is 14.4 Å². The summed E-state index contributed by atoms with van der Waals surface area (Å²) < 4.78 is 1.95. The van der Waals surface area contributed by atoms with Gasteiger partial charge in [0, 0.05) is 30.9 Å². The van der Waals surface area contributed by atoms with Gasteiger partial charge >= 0.3 is 0 Å². The Kier molecular flexibility index (Phi) is 4.02. The van der Waals surface area contributed by atoms with Crippen LogP contribution in [0.15, 0.2) is 0 Å². The number of likely N-dealkylation sites (tertiary alicyclic amines) is 1. The third-order valence-corrected chi connectivity index (χ3v) is 4.89. The number of rotatable bonds is 5. The van der Waals surface area contributed by atoms with Crippen LogP contribution in [0, 0.1) is 19.8 Å². The Bertz CT molecular complexity index is 533. The predicted octanol–water partition coefficient (Wildman–Crippen LogP) is 1.70. The first-order valence-electron chi connectivity index (χ1n) is 8.07. The zero-order valence-electron chi connectivity index (χ0n) is 13.4. The van der Waals surface area contributed by atoms with Gasteiger partial charge in [0.2, 0.25) is 5.91 Å². The third kappa shape index (κ3) is 3.12. The highest BCUT2D eigenvalue weighted by Crippen LogP contribution is 2.35. The number of hydrogen-bond donors (Lipinski definition) is 1. The van der Waals surface area contributed by atoms with E-state index >= 15 is 0 Å². The van der Waals surface area contributed by atoms with Gasteiger partial charge in [-0.15, -0.1) is 0 Å². The molecule has 116 valence electrons. The fourth-order valence-corrected chi connectivity index (χ4v) is 3.44. The van der Waals surface area contributed by atoms with Gasteiger partial charge in [-0.25, -0.2) is 0 Å². The zero-order valence-corrected chi connectivity index (χ0v) is 13.4. The normalized spacial score (nSPS) is 22.7. The van der Waals surface area contributed by atoms with E-state index in [0.29, 0.717) is 12.6 Å². The van der Waals surface area contributed by atoms with Gasteiger partial charge in [0.1, 0.15) is 0 Å². The van der Waals surface area contributed by atoms with Gasteiger partial charge in [-0.05, 0) is 52.0 Å². The molecule has 0 aromatic carbocycles. The summed E-state index contributed by atoms with van der Waals surface area (Å²) in [7, 11) is 1.99. The summed E-state index contributed by atoms with van der Waals surface area (Å²) >= 11 is 0. The second-order valence-corrected chi connectivity index (χ2v) is 6.58. The first kappa shape index (κ1) is 14.6. The topological polar surface area (TPSA) is 50.2 Å². The summed E-state index contributed by atoms with van der Waals surface area (Å²) in [5, 5.41) is 7.60. The van der Waals surface area contributed by atoms with Crippen molar-refractivity contribution in [3.8, 4) is 0 Å². The highest BCUT2D eigenvalue weighted by atomic mass is 16.2. The van der Waals surface area contributed by atoms with E-state index in [-0.39, 0.29) is 5.91 Å². The number of aryl methyl sites for hydroxylation is 2. The van der Waals surface area contributed by atoms with E-state index in [4.69, 9.17) is 0 Å². The average molecular weight is 290 g/mol. The lowest BCUT2D eigenvalue weighted by atomic mass is 10.0. The fourth-order valence-electron chi connectivity index (χ4n) is 3.44. The molecule has 1 atom stereocenters. The van der Waals surface area contributed by atoms with Crippen molar-refractivity contribution >= 4 is 5.91 Å². The van der Waals surface area contributed by atoms with Crippen LogP contribution in [0.3, 0.4) is 0 Å². The molecule has 5 heteroatoms. The van der Waals surface area contributed by atoms with Crippen molar-refractivity contribution in [2.45, 2.75) is 45.6 Å². The highest BCUT2D eigenvalue weighted by Gasteiger charge is 2.31. The van der Waals surface area contributed by atoms with Gasteiger partial charge in [0.15, 0.2) is 0 Å². The van der Waals surface area contributed by atoms with Crippen LogP contribution < -0.4 is 5.32 Å². The molecule has 0 unspecified atom stereocenters. The maximum absolute atomic E-state index is 12.1. The maximum Gasteiger partial charge on any atom is 0.234 e. The van der Waals surface area contributed by atoms with Crippen LogP contribution in [-0.4, -0.2) is 40.2 Å². The molecule has 1 saturated carbocycles. The lowest BCUT2D eigenvalue weighted by molar-refractivity contribution is -0.122. The van der Waals surface area contributed by atoms with Crippen LogP contribution >= 0.6 is 0 Å². The van der Waals surface area contributed by atoms with Crippen molar-refractivity contribution in [1.82, 2.24) is 20.0 Å². The SMILES string of the molecule is Cc1nn(C)c(C)c1[C@H]1CCCN1CC(=O)NCC1CC1. The minimum atomic E-state index is 0.174. The van der Waals surface area contributed by atoms with E-state index in [2.05, 4.69) is 29.2 Å². The monoisotopic (exact) mass is 290 g/mol. The van der Waals surface area contributed by atoms with Crippen LogP contribution in [0.4, 0.5) is 0 Å². The number of amides is 1. The smallest absolute Gasteiger partial charge is 0.234 e. The number of nitrogens with zero attached hydrogens (tertiary/aromatic N) is 3. The van der Waals surface area contributed by atoms with Crippen molar-refractivity contribution in [3.63, 3.8) is 0 Å². The van der Waals surface area contributed by atoms with E-state index in [1.807, 2.05) is 11.7 Å². The zero-order chi connectivity index (χ0) is 15.0. The van der Waals surface area contributed by atoms with E-state index in [1.54, 1.807) is 0 Å². The molecule has 0 spiro atoms. The molecule has 0 radical (unpaired) electrons. The second kappa shape index (κ2) is 5.79. The van der Waals surface area contributed by atoms with Gasteiger partial charge < -0.3 is 5.32 Å². The Morgan fingerprint density at radius 3 is 2.71 bits per heavy atom. The van der Waals surface area contributed by atoms with Crippen molar-refractivity contribution in [3.05, 3.63) is 17.0 Å². The number of nitrogens with one attached hydrogen (secondary N) is 1. The molecule has 0 bridgehead atoms. The molecular formula is C16H26N4O. The second-order valence-electron chi connectivity index (χ2n) is 6.58. The minimum absolute atomic E-state index is 0.174. The Balaban J connectivity index is 1.65. The summed E-state index contributed by atoms with van der Waals surface area (Å²) in [4.78, 5) is 14.4. The molecule has 21 heavy (non-hydrogen) atoms. The molecule has 1 N–H and O–H groups in total. The van der Waals surface area contributed by atoms with Gasteiger partial charge in [-0.1, -0.05) is 0 Å².